The molecule has 13 aromatic rings. The number of allylic oxidation sites excluding steroid dienone is 2. The molecule has 0 saturated heterocycles. The second kappa shape index (κ2) is 22.5. The zero-order valence-electron chi connectivity index (χ0n) is 42.6. The lowest BCUT2D eigenvalue weighted by molar-refractivity contribution is -0.166. The topological polar surface area (TPSA) is 280 Å². The second-order valence-electron chi connectivity index (χ2n) is 17.8. The van der Waals surface area contributed by atoms with Gasteiger partial charge in [0.1, 0.15) is 45.0 Å². The summed E-state index contributed by atoms with van der Waals surface area (Å²) < 4.78 is 33.1. The van der Waals surface area contributed by atoms with E-state index in [-0.39, 0.29) is 29.2 Å². The highest BCUT2D eigenvalue weighted by molar-refractivity contribution is 6.00. The lowest BCUT2D eigenvalue weighted by Crippen LogP contribution is -2.45. The summed E-state index contributed by atoms with van der Waals surface area (Å²) in [5.74, 6) is 1.39. The largest absolute Gasteiger partial charge is 0.506 e. The van der Waals surface area contributed by atoms with Crippen LogP contribution in [0.3, 0.4) is 0 Å². The molecule has 3 atom stereocenters. The Balaban J connectivity index is 0.000000125. The van der Waals surface area contributed by atoms with Crippen LogP contribution in [0, 0.1) is 0 Å². The Morgan fingerprint density at radius 2 is 0.756 bits per heavy atom. The molecule has 0 aliphatic rings. The van der Waals surface area contributed by atoms with Crippen LogP contribution in [-0.2, 0) is 11.2 Å². The lowest BCUT2D eigenvalue weighted by Gasteiger charge is -2.33. The Bertz CT molecular complexity index is 3840. The van der Waals surface area contributed by atoms with E-state index in [1.54, 1.807) is 61.5 Å². The van der Waals surface area contributed by atoms with Crippen LogP contribution in [0.4, 0.5) is 5.69 Å². The first-order chi connectivity index (χ1) is 37.5. The monoisotopic (exact) mass is 1050 g/mol. The summed E-state index contributed by atoms with van der Waals surface area (Å²) in [7, 11) is 0. The van der Waals surface area contributed by atoms with Crippen molar-refractivity contribution in [3.63, 3.8) is 0 Å². The number of carbonyl (C=O) groups is 1. The number of aromatic nitrogens is 6. The van der Waals surface area contributed by atoms with E-state index in [4.69, 9.17) is 42.4 Å². The minimum Gasteiger partial charge on any atom is -0.506 e. The average Bonchev–Trinajstić information content (AvgIpc) is 4.45. The first-order valence-corrected chi connectivity index (χ1v) is 24.2. The Morgan fingerprint density at radius 1 is 0.462 bits per heavy atom. The molecule has 13 rings (SSSR count). The molecule has 18 nitrogen and oxygen atoms in total. The van der Waals surface area contributed by atoms with Crippen molar-refractivity contribution in [1.29, 1.82) is 0 Å². The molecule has 78 heavy (non-hydrogen) atoms. The lowest BCUT2D eigenvalue weighted by atomic mass is 9.85. The van der Waals surface area contributed by atoms with Gasteiger partial charge in [-0.1, -0.05) is 98.1 Å². The van der Waals surface area contributed by atoms with E-state index in [9.17, 15) is 15.0 Å². The number of rotatable bonds is 8. The van der Waals surface area contributed by atoms with Crippen molar-refractivity contribution >= 4 is 89.2 Å². The van der Waals surface area contributed by atoms with Crippen molar-refractivity contribution in [3.05, 3.63) is 218 Å². The van der Waals surface area contributed by atoms with Crippen molar-refractivity contribution in [3.8, 4) is 5.75 Å². The molecule has 0 aliphatic carbocycles. The second-order valence-corrected chi connectivity index (χ2v) is 17.8. The summed E-state index contributed by atoms with van der Waals surface area (Å²) in [6, 6.07) is 50.8. The number of anilines is 1. The zero-order chi connectivity index (χ0) is 55.1. The predicted octanol–water partition coefficient (Wildman–Crippen LogP) is 12.7. The first kappa shape index (κ1) is 52.8. The molecule has 3 unspecified atom stereocenters. The molecule has 18 heteroatoms. The fraction of sp³-hybridized carbons (Fsp3) is 0.117. The maximum Gasteiger partial charge on any atom is 0.263 e. The van der Waals surface area contributed by atoms with Gasteiger partial charge < -0.3 is 52.7 Å². The number of fused-ring (bicyclic) bond motifs is 6. The highest BCUT2D eigenvalue weighted by Gasteiger charge is 2.52. The molecular weight excluding hydrogens is 995 g/mol. The number of ketones is 1. The number of nitrogens with zero attached hydrogens (tertiary/aromatic N) is 6. The van der Waals surface area contributed by atoms with Crippen LogP contribution in [-0.4, -0.2) is 56.1 Å². The molecule has 0 saturated carbocycles. The number of oxazole rings is 6. The van der Waals surface area contributed by atoms with E-state index in [0.717, 1.165) is 22.1 Å². The van der Waals surface area contributed by atoms with Crippen molar-refractivity contribution < 1.29 is 51.7 Å². The van der Waals surface area contributed by atoms with Gasteiger partial charge in [0.25, 0.3) is 5.89 Å². The van der Waals surface area contributed by atoms with E-state index >= 15 is 0 Å². The van der Waals surface area contributed by atoms with Crippen molar-refractivity contribution in [2.45, 2.75) is 45.0 Å². The maximum atomic E-state index is 11.0. The zero-order valence-corrected chi connectivity index (χ0v) is 42.6. The van der Waals surface area contributed by atoms with Crippen LogP contribution in [0.1, 0.15) is 73.9 Å². The van der Waals surface area contributed by atoms with Gasteiger partial charge in [-0.25, -0.2) is 29.9 Å². The molecule has 0 spiro atoms. The third-order valence-electron chi connectivity index (χ3n) is 12.0. The molecule has 0 amide bonds. The van der Waals surface area contributed by atoms with Crippen LogP contribution >= 0.6 is 0 Å². The van der Waals surface area contributed by atoms with Crippen molar-refractivity contribution in [2.75, 3.05) is 5.73 Å². The molecule has 6 heterocycles. The standard InChI is InChI=1S/C18H16N2O4.C18H12N2O2.C9H9NO2.C9H7NO2.C6H7NO/c1-17(21,15-19-11-7-3-5-9-13(11)23-15)18(2,22)16-20-12-8-4-6-10-14(12)24-16;1-11(17-19-13-7-3-5-9-15(13)21-17)12(2)18-20-14-8-4-6-10-16(14)22-18;2*1-6(11)9-10-7-4-2-3-5-8(7)12-9;7-5-3-1-2-4-6(5)8/h3-10,21-22H,1-2H3;3-10H,1-2H2;2-6,11H,1H3;2-5H,1H3;1-4,8H,7H2. The van der Waals surface area contributed by atoms with Crippen LogP contribution in [0.25, 0.3) is 77.7 Å². The van der Waals surface area contributed by atoms with E-state index < -0.39 is 17.3 Å². The number of nitrogen functional groups attached to an aromatic ring is 1. The van der Waals surface area contributed by atoms with Gasteiger partial charge in [-0.2, -0.15) is 0 Å². The smallest absolute Gasteiger partial charge is 0.263 e. The van der Waals surface area contributed by atoms with Gasteiger partial charge in [0.05, 0.1) is 5.69 Å². The van der Waals surface area contributed by atoms with E-state index in [1.807, 2.05) is 115 Å². The number of para-hydroxylation sites is 14. The number of hydrogen-bond acceptors (Lipinski definition) is 18. The van der Waals surface area contributed by atoms with Crippen molar-refractivity contribution in [1.82, 2.24) is 29.9 Å². The quantitative estimate of drug-likeness (QED) is 0.0409. The number of benzene rings is 7. The number of phenols is 1. The minimum atomic E-state index is -1.84. The van der Waals surface area contributed by atoms with Crippen LogP contribution in [0.5, 0.6) is 5.75 Å². The number of aromatic hydroxyl groups is 1. The van der Waals surface area contributed by atoms with Gasteiger partial charge in [0.15, 0.2) is 44.7 Å². The highest BCUT2D eigenvalue weighted by Crippen LogP contribution is 2.41. The van der Waals surface area contributed by atoms with Gasteiger partial charge in [-0.15, -0.1) is 0 Å². The van der Waals surface area contributed by atoms with Crippen LogP contribution in [0.15, 0.2) is 210 Å². The molecule has 6 N–H and O–H groups in total. The van der Waals surface area contributed by atoms with Crippen molar-refractivity contribution in [2.24, 2.45) is 0 Å². The Labute approximate surface area is 444 Å². The number of aliphatic hydroxyl groups is 3. The predicted molar refractivity (Wildman–Crippen MR) is 294 cm³/mol. The minimum absolute atomic E-state index is 0.00374. The van der Waals surface area contributed by atoms with Gasteiger partial charge in [-0.3, -0.25) is 4.79 Å². The number of phenolic OH excluding ortho intramolecular Hbond substituents is 1. The number of Topliss-reactive ketones (excluding diaryl/α,β-unsaturated/α-hetero) is 1. The molecule has 0 radical (unpaired) electrons. The van der Waals surface area contributed by atoms with Gasteiger partial charge in [0, 0.05) is 18.1 Å². The van der Waals surface area contributed by atoms with Gasteiger partial charge in [0.2, 0.25) is 35.2 Å². The maximum absolute atomic E-state index is 11.0. The summed E-state index contributed by atoms with van der Waals surface area (Å²) >= 11 is 0. The molecule has 392 valence electrons. The SMILES string of the molecule is C=C(C(=C)c1nc2ccccc2o1)c1nc2ccccc2o1.CC(=O)c1nc2ccccc2o1.CC(O)(c1nc2ccccc2o1)C(C)(O)c1nc2ccccc2o1.CC(O)c1nc2ccccc2o1.Nc1ccccc1O. The summed E-state index contributed by atoms with van der Waals surface area (Å²) in [5, 5.41) is 39.9. The average molecular weight is 1050 g/mol. The molecular formula is C60H51N7O11. The Morgan fingerprint density at radius 3 is 1.06 bits per heavy atom. The number of nitrogens with two attached hydrogens (primary N) is 1. The summed E-state index contributed by atoms with van der Waals surface area (Å²) in [4.78, 5) is 36.4. The summed E-state index contributed by atoms with van der Waals surface area (Å²) in [6.07, 6.45) is -0.641. The van der Waals surface area contributed by atoms with E-state index in [1.165, 1.54) is 20.8 Å². The third-order valence-corrected chi connectivity index (χ3v) is 12.0. The van der Waals surface area contributed by atoms with Gasteiger partial charge in [-0.05, 0) is 106 Å². The first-order valence-electron chi connectivity index (χ1n) is 24.2. The van der Waals surface area contributed by atoms with Gasteiger partial charge >= 0.3 is 0 Å². The molecule has 6 aromatic heterocycles. The normalized spacial score (nSPS) is 13.0. The fourth-order valence-electron chi connectivity index (χ4n) is 7.42. The molecule has 0 fully saturated rings. The summed E-state index contributed by atoms with van der Waals surface area (Å²) in [6.45, 7) is 13.9. The number of aliphatic hydroxyl groups excluding tert-OH is 1. The Hall–Kier alpha value is -10.0. The Kier molecular flexibility index (Phi) is 15.2. The van der Waals surface area contributed by atoms with E-state index in [0.29, 0.717) is 79.0 Å². The van der Waals surface area contributed by atoms with E-state index in [2.05, 4.69) is 43.1 Å². The number of hydrogen-bond donors (Lipinski definition) is 5. The molecule has 7 aromatic carbocycles. The third kappa shape index (κ3) is 11.5. The summed E-state index contributed by atoms with van der Waals surface area (Å²) in [5.41, 5.74) is 11.3. The number of carbonyl (C=O) groups excluding carboxylic acids is 1. The van der Waals surface area contributed by atoms with Crippen LogP contribution < -0.4 is 5.73 Å². The molecule has 0 aliphatic heterocycles. The fourth-order valence-corrected chi connectivity index (χ4v) is 7.42. The van der Waals surface area contributed by atoms with Crippen LogP contribution in [0.2, 0.25) is 0 Å². The molecule has 0 bridgehead atoms. The highest BCUT2D eigenvalue weighted by atomic mass is 16.4.